The number of nitrogens with one attached hydrogen (secondary N) is 1. The highest BCUT2D eigenvalue weighted by Gasteiger charge is 2.11. The van der Waals surface area contributed by atoms with Gasteiger partial charge in [-0.3, -0.25) is 0 Å². The second kappa shape index (κ2) is 7.87. The highest BCUT2D eigenvalue weighted by molar-refractivity contribution is 5.94. The van der Waals surface area contributed by atoms with E-state index < -0.39 is 0 Å². The second-order valence-electron chi connectivity index (χ2n) is 6.73. The Labute approximate surface area is 155 Å². The van der Waals surface area contributed by atoms with Gasteiger partial charge in [-0.05, 0) is 36.1 Å². The molecule has 0 unspecified atom stereocenters. The van der Waals surface area contributed by atoms with Crippen LogP contribution in [0, 0.1) is 6.92 Å². The van der Waals surface area contributed by atoms with Crippen LogP contribution in [0.15, 0.2) is 72.8 Å². The average Bonchev–Trinajstić information content (AvgIpc) is 2.64. The van der Waals surface area contributed by atoms with E-state index in [0.717, 1.165) is 23.2 Å². The van der Waals surface area contributed by atoms with E-state index in [-0.39, 0.29) is 6.03 Å². The zero-order valence-electron chi connectivity index (χ0n) is 15.5. The van der Waals surface area contributed by atoms with Crippen molar-refractivity contribution in [2.45, 2.75) is 13.3 Å². The van der Waals surface area contributed by atoms with Crippen molar-refractivity contribution in [2.75, 3.05) is 19.4 Å². The number of benzene rings is 3. The molecule has 2 amide bonds. The molecule has 0 aliphatic rings. The third kappa shape index (κ3) is 4.31. The van der Waals surface area contributed by atoms with Crippen molar-refractivity contribution >= 4 is 11.7 Å². The fraction of sp³-hybridized carbons (Fsp3) is 0.174. The van der Waals surface area contributed by atoms with Crippen molar-refractivity contribution in [1.29, 1.82) is 0 Å². The Hall–Kier alpha value is -3.07. The molecule has 0 atom stereocenters. The summed E-state index contributed by atoms with van der Waals surface area (Å²) in [5, 5.41) is 3.04. The van der Waals surface area contributed by atoms with Crippen LogP contribution in [0.25, 0.3) is 11.1 Å². The maximum atomic E-state index is 12.2. The summed E-state index contributed by atoms with van der Waals surface area (Å²) < 4.78 is 0. The van der Waals surface area contributed by atoms with Crippen LogP contribution in [0.2, 0.25) is 0 Å². The summed E-state index contributed by atoms with van der Waals surface area (Å²) in [5.74, 6) is 0. The fourth-order valence-corrected chi connectivity index (χ4v) is 2.85. The van der Waals surface area contributed by atoms with E-state index in [2.05, 4.69) is 66.8 Å². The molecule has 1 N–H and O–H groups in total. The monoisotopic (exact) mass is 344 g/mol. The molecular weight excluding hydrogens is 320 g/mol. The number of anilines is 1. The summed E-state index contributed by atoms with van der Waals surface area (Å²) in [6, 6.07) is 24.9. The van der Waals surface area contributed by atoms with Crippen LogP contribution in [0.1, 0.15) is 16.7 Å². The van der Waals surface area contributed by atoms with Crippen molar-refractivity contribution in [1.82, 2.24) is 4.90 Å². The van der Waals surface area contributed by atoms with Crippen molar-refractivity contribution in [2.24, 2.45) is 0 Å². The Morgan fingerprint density at radius 2 is 1.58 bits per heavy atom. The molecule has 3 aromatic carbocycles. The normalized spacial score (nSPS) is 10.4. The quantitative estimate of drug-likeness (QED) is 0.680. The van der Waals surface area contributed by atoms with Crippen molar-refractivity contribution in [3.8, 4) is 11.1 Å². The summed E-state index contributed by atoms with van der Waals surface area (Å²) in [6.45, 7) is 2.07. The van der Waals surface area contributed by atoms with E-state index in [0.29, 0.717) is 0 Å². The van der Waals surface area contributed by atoms with Crippen LogP contribution >= 0.6 is 0 Å². The smallest absolute Gasteiger partial charge is 0.321 e. The van der Waals surface area contributed by atoms with Crippen molar-refractivity contribution < 1.29 is 4.79 Å². The lowest BCUT2D eigenvalue weighted by Gasteiger charge is -2.17. The van der Waals surface area contributed by atoms with Gasteiger partial charge in [0.2, 0.25) is 0 Å². The van der Waals surface area contributed by atoms with Gasteiger partial charge in [-0.2, -0.15) is 0 Å². The Balaban J connectivity index is 1.97. The van der Waals surface area contributed by atoms with Gasteiger partial charge in [0, 0.05) is 19.7 Å². The molecule has 0 bridgehead atoms. The van der Waals surface area contributed by atoms with E-state index in [4.69, 9.17) is 0 Å². The minimum Gasteiger partial charge on any atom is -0.331 e. The van der Waals surface area contributed by atoms with Crippen LogP contribution in [0.3, 0.4) is 0 Å². The number of urea groups is 1. The molecule has 3 rings (SSSR count). The van der Waals surface area contributed by atoms with Gasteiger partial charge in [-0.15, -0.1) is 0 Å². The van der Waals surface area contributed by atoms with Gasteiger partial charge in [-0.25, -0.2) is 4.79 Å². The maximum absolute atomic E-state index is 12.2. The number of amides is 2. The van der Waals surface area contributed by atoms with E-state index in [9.17, 15) is 4.79 Å². The maximum Gasteiger partial charge on any atom is 0.321 e. The average molecular weight is 344 g/mol. The number of nitrogens with zero attached hydrogens (tertiary/aromatic N) is 1. The molecule has 0 spiro atoms. The zero-order chi connectivity index (χ0) is 18.5. The third-order valence-electron chi connectivity index (χ3n) is 4.35. The summed E-state index contributed by atoms with van der Waals surface area (Å²) in [6.07, 6.45) is 0.833. The van der Waals surface area contributed by atoms with Gasteiger partial charge in [-0.1, -0.05) is 72.3 Å². The molecule has 0 aliphatic carbocycles. The lowest BCUT2D eigenvalue weighted by molar-refractivity contribution is 0.230. The molecule has 0 heterocycles. The molecule has 3 heteroatoms. The zero-order valence-corrected chi connectivity index (χ0v) is 15.5. The number of hydrogen-bond donors (Lipinski definition) is 1. The topological polar surface area (TPSA) is 32.3 Å². The van der Waals surface area contributed by atoms with Gasteiger partial charge in [0.15, 0.2) is 0 Å². The van der Waals surface area contributed by atoms with Crippen LogP contribution in [-0.4, -0.2) is 25.0 Å². The third-order valence-corrected chi connectivity index (χ3v) is 4.35. The van der Waals surface area contributed by atoms with Crippen LogP contribution in [0.5, 0.6) is 0 Å². The summed E-state index contributed by atoms with van der Waals surface area (Å²) in [4.78, 5) is 13.8. The Morgan fingerprint density at radius 1 is 0.885 bits per heavy atom. The van der Waals surface area contributed by atoms with Crippen LogP contribution in [-0.2, 0) is 6.42 Å². The number of hydrogen-bond acceptors (Lipinski definition) is 1. The highest BCUT2D eigenvalue weighted by Crippen LogP contribution is 2.30. The van der Waals surface area contributed by atoms with E-state index in [1.54, 1.807) is 19.0 Å². The first-order valence-electron chi connectivity index (χ1n) is 8.75. The first-order valence-corrected chi connectivity index (χ1v) is 8.75. The lowest BCUT2D eigenvalue weighted by atomic mass is 9.97. The molecular formula is C23H24N2O. The minimum absolute atomic E-state index is 0.129. The second-order valence-corrected chi connectivity index (χ2v) is 6.73. The van der Waals surface area contributed by atoms with Crippen LogP contribution in [0.4, 0.5) is 10.5 Å². The number of rotatable bonds is 4. The van der Waals surface area contributed by atoms with Gasteiger partial charge in [0.1, 0.15) is 0 Å². The number of carbonyl (C=O) groups is 1. The van der Waals surface area contributed by atoms with E-state index in [1.165, 1.54) is 16.7 Å². The van der Waals surface area contributed by atoms with Gasteiger partial charge >= 0.3 is 6.03 Å². The molecule has 26 heavy (non-hydrogen) atoms. The summed E-state index contributed by atoms with van der Waals surface area (Å²) in [7, 11) is 3.49. The van der Waals surface area contributed by atoms with Gasteiger partial charge < -0.3 is 10.2 Å². The summed E-state index contributed by atoms with van der Waals surface area (Å²) in [5.41, 5.74) is 6.59. The molecule has 0 radical (unpaired) electrons. The summed E-state index contributed by atoms with van der Waals surface area (Å²) >= 11 is 0. The molecule has 0 aromatic heterocycles. The Morgan fingerprint density at radius 3 is 2.23 bits per heavy atom. The molecule has 0 aliphatic heterocycles. The molecule has 0 saturated carbocycles. The molecule has 0 fully saturated rings. The molecule has 3 nitrogen and oxygen atoms in total. The molecule has 0 saturated heterocycles. The minimum atomic E-state index is -0.129. The van der Waals surface area contributed by atoms with Gasteiger partial charge in [0.25, 0.3) is 0 Å². The first kappa shape index (κ1) is 17.7. The predicted molar refractivity (Wildman–Crippen MR) is 109 cm³/mol. The van der Waals surface area contributed by atoms with Crippen molar-refractivity contribution in [3.05, 3.63) is 89.5 Å². The Kier molecular flexibility index (Phi) is 5.37. The van der Waals surface area contributed by atoms with Crippen molar-refractivity contribution in [3.63, 3.8) is 0 Å². The largest absolute Gasteiger partial charge is 0.331 e. The number of aryl methyl sites for hydroxylation is 1. The first-order chi connectivity index (χ1) is 12.5. The standard InChI is InChI=1S/C23H24N2O/c1-17-9-12-20(13-10-17)21-14-11-19(15-18-7-5-4-6-8-18)16-22(21)24-23(26)25(2)3/h4-14,16H,15H2,1-3H3,(H,24,26). The van der Waals surface area contributed by atoms with Crippen LogP contribution < -0.4 is 5.32 Å². The Bertz CT molecular complexity index is 884. The predicted octanol–water partition coefficient (Wildman–Crippen LogP) is 5.35. The molecule has 3 aromatic rings. The van der Waals surface area contributed by atoms with E-state index in [1.807, 2.05) is 18.2 Å². The fourth-order valence-electron chi connectivity index (χ4n) is 2.85. The van der Waals surface area contributed by atoms with E-state index >= 15 is 0 Å². The van der Waals surface area contributed by atoms with Gasteiger partial charge in [0.05, 0.1) is 5.69 Å². The molecule has 132 valence electrons. The SMILES string of the molecule is Cc1ccc(-c2ccc(Cc3ccccc3)cc2NC(=O)N(C)C)cc1. The highest BCUT2D eigenvalue weighted by atomic mass is 16.2. The number of carbonyl (C=O) groups excluding carboxylic acids is 1. The lowest BCUT2D eigenvalue weighted by Crippen LogP contribution is -2.27.